The molecule has 4 heterocycles. The van der Waals surface area contributed by atoms with Crippen LogP contribution in [0.3, 0.4) is 0 Å². The lowest BCUT2D eigenvalue weighted by Crippen LogP contribution is -2.42. The standard InChI is InChI=1S/C17H20N2O3/c1-2-7-18-16(5-1)22-15-11-19(10-13-6-9-20-12-13)14-4-3-8-21-17(14)15/h1-2,5-7,9,12,14-15,17H,3-4,8,10-11H2/t14-,15+,17+/m0/s1. The molecule has 0 amide bonds. The Labute approximate surface area is 129 Å². The minimum Gasteiger partial charge on any atom is -0.472 e. The van der Waals surface area contributed by atoms with Crippen molar-refractivity contribution in [1.29, 1.82) is 0 Å². The molecule has 2 aliphatic heterocycles. The minimum atomic E-state index is 0.0344. The predicted octanol–water partition coefficient (Wildman–Crippen LogP) is 2.49. The van der Waals surface area contributed by atoms with E-state index in [2.05, 4.69) is 9.88 Å². The molecule has 0 saturated carbocycles. The average molecular weight is 300 g/mol. The van der Waals surface area contributed by atoms with Gasteiger partial charge in [0.1, 0.15) is 12.2 Å². The van der Waals surface area contributed by atoms with Gasteiger partial charge in [-0.15, -0.1) is 0 Å². The van der Waals surface area contributed by atoms with Crippen molar-refractivity contribution in [1.82, 2.24) is 9.88 Å². The first-order chi connectivity index (χ1) is 10.9. The molecule has 5 nitrogen and oxygen atoms in total. The summed E-state index contributed by atoms with van der Waals surface area (Å²) in [4.78, 5) is 6.72. The maximum absolute atomic E-state index is 6.09. The topological polar surface area (TPSA) is 47.7 Å². The number of hydrogen-bond donors (Lipinski definition) is 0. The number of aromatic nitrogens is 1. The number of fused-ring (bicyclic) bond motifs is 1. The summed E-state index contributed by atoms with van der Waals surface area (Å²) in [7, 11) is 0. The second-order valence-electron chi connectivity index (χ2n) is 5.93. The molecule has 2 aliphatic rings. The fourth-order valence-electron chi connectivity index (χ4n) is 3.48. The lowest BCUT2D eigenvalue weighted by atomic mass is 10.0. The Bertz CT molecular complexity index is 587. The number of nitrogens with zero attached hydrogens (tertiary/aromatic N) is 2. The van der Waals surface area contributed by atoms with Crippen molar-refractivity contribution < 1.29 is 13.9 Å². The van der Waals surface area contributed by atoms with Crippen molar-refractivity contribution in [2.24, 2.45) is 0 Å². The number of ether oxygens (including phenoxy) is 2. The van der Waals surface area contributed by atoms with Crippen LogP contribution in [0.1, 0.15) is 18.4 Å². The summed E-state index contributed by atoms with van der Waals surface area (Å²) in [6.45, 7) is 2.56. The van der Waals surface area contributed by atoms with Gasteiger partial charge in [-0.3, -0.25) is 4.90 Å². The van der Waals surface area contributed by atoms with E-state index in [-0.39, 0.29) is 12.2 Å². The first-order valence-electron chi connectivity index (χ1n) is 7.84. The Balaban J connectivity index is 1.50. The molecule has 0 N–H and O–H groups in total. The second kappa shape index (κ2) is 6.10. The van der Waals surface area contributed by atoms with Crippen LogP contribution < -0.4 is 4.74 Å². The smallest absolute Gasteiger partial charge is 0.213 e. The van der Waals surface area contributed by atoms with Gasteiger partial charge in [0.05, 0.1) is 12.5 Å². The van der Waals surface area contributed by atoms with Gasteiger partial charge >= 0.3 is 0 Å². The van der Waals surface area contributed by atoms with Crippen molar-refractivity contribution in [3.05, 3.63) is 48.6 Å². The maximum Gasteiger partial charge on any atom is 0.213 e. The molecule has 0 radical (unpaired) electrons. The molecular formula is C17H20N2O3. The van der Waals surface area contributed by atoms with Crippen molar-refractivity contribution in [2.75, 3.05) is 13.2 Å². The van der Waals surface area contributed by atoms with E-state index in [0.717, 1.165) is 32.5 Å². The lowest BCUT2D eigenvalue weighted by molar-refractivity contribution is -0.0479. The van der Waals surface area contributed by atoms with Crippen LogP contribution in [0.25, 0.3) is 0 Å². The molecule has 5 heteroatoms. The van der Waals surface area contributed by atoms with Crippen LogP contribution in [-0.2, 0) is 11.3 Å². The highest BCUT2D eigenvalue weighted by molar-refractivity contribution is 5.13. The summed E-state index contributed by atoms with van der Waals surface area (Å²) in [5.74, 6) is 0.672. The van der Waals surface area contributed by atoms with Crippen molar-refractivity contribution in [3.8, 4) is 5.88 Å². The van der Waals surface area contributed by atoms with Gasteiger partial charge in [0.25, 0.3) is 0 Å². The third kappa shape index (κ3) is 2.74. The minimum absolute atomic E-state index is 0.0344. The Hall–Kier alpha value is -1.85. The Morgan fingerprint density at radius 3 is 3.14 bits per heavy atom. The quantitative estimate of drug-likeness (QED) is 0.868. The van der Waals surface area contributed by atoms with Gasteiger partial charge in [-0.1, -0.05) is 6.07 Å². The zero-order chi connectivity index (χ0) is 14.8. The number of rotatable bonds is 4. The molecule has 2 aromatic heterocycles. The van der Waals surface area contributed by atoms with E-state index in [1.54, 1.807) is 12.5 Å². The highest BCUT2D eigenvalue weighted by atomic mass is 16.5. The van der Waals surface area contributed by atoms with E-state index < -0.39 is 0 Å². The van der Waals surface area contributed by atoms with Gasteiger partial charge in [-0.2, -0.15) is 0 Å². The van der Waals surface area contributed by atoms with Gasteiger partial charge in [-0.25, -0.2) is 4.98 Å². The first-order valence-corrected chi connectivity index (χ1v) is 7.84. The summed E-state index contributed by atoms with van der Waals surface area (Å²) in [6.07, 6.45) is 7.72. The van der Waals surface area contributed by atoms with Crippen LogP contribution in [0.5, 0.6) is 5.88 Å². The zero-order valence-corrected chi connectivity index (χ0v) is 12.4. The molecule has 22 heavy (non-hydrogen) atoms. The molecule has 2 aromatic rings. The zero-order valence-electron chi connectivity index (χ0n) is 12.4. The van der Waals surface area contributed by atoms with Crippen molar-refractivity contribution in [2.45, 2.75) is 37.6 Å². The summed E-state index contributed by atoms with van der Waals surface area (Å²) in [5.41, 5.74) is 1.20. The summed E-state index contributed by atoms with van der Waals surface area (Å²) in [6, 6.07) is 8.17. The second-order valence-corrected chi connectivity index (χ2v) is 5.93. The third-order valence-corrected chi connectivity index (χ3v) is 4.46. The Morgan fingerprint density at radius 1 is 1.32 bits per heavy atom. The highest BCUT2D eigenvalue weighted by Gasteiger charge is 2.45. The molecule has 2 saturated heterocycles. The maximum atomic E-state index is 6.09. The largest absolute Gasteiger partial charge is 0.472 e. The fourth-order valence-corrected chi connectivity index (χ4v) is 3.48. The number of furan rings is 1. The molecule has 3 atom stereocenters. The SMILES string of the molecule is c1ccc(O[C@@H]2CN(Cc3ccoc3)[C@H]3CCCO[C@@H]23)nc1. The molecular weight excluding hydrogens is 280 g/mol. The van der Waals surface area contributed by atoms with Crippen LogP contribution in [0.4, 0.5) is 0 Å². The normalized spacial score (nSPS) is 28.5. The molecule has 4 rings (SSSR count). The van der Waals surface area contributed by atoms with Crippen LogP contribution >= 0.6 is 0 Å². The summed E-state index contributed by atoms with van der Waals surface area (Å²) < 4.78 is 17.3. The van der Waals surface area contributed by atoms with Gasteiger partial charge < -0.3 is 13.9 Å². The third-order valence-electron chi connectivity index (χ3n) is 4.46. The van der Waals surface area contributed by atoms with E-state index in [9.17, 15) is 0 Å². The van der Waals surface area contributed by atoms with Crippen LogP contribution in [0.2, 0.25) is 0 Å². The van der Waals surface area contributed by atoms with E-state index in [1.165, 1.54) is 5.56 Å². The molecule has 2 fully saturated rings. The predicted molar refractivity (Wildman–Crippen MR) is 80.5 cm³/mol. The average Bonchev–Trinajstić information content (AvgIpc) is 3.18. The van der Waals surface area contributed by atoms with Gasteiger partial charge in [0.2, 0.25) is 5.88 Å². The van der Waals surface area contributed by atoms with E-state index in [4.69, 9.17) is 13.9 Å². The summed E-state index contributed by atoms with van der Waals surface area (Å²) >= 11 is 0. The number of pyridine rings is 1. The molecule has 116 valence electrons. The molecule has 0 aromatic carbocycles. The molecule has 0 unspecified atom stereocenters. The monoisotopic (exact) mass is 300 g/mol. The van der Waals surface area contributed by atoms with Gasteiger partial charge in [0, 0.05) is 43.6 Å². The molecule has 0 aliphatic carbocycles. The molecule has 0 spiro atoms. The summed E-state index contributed by atoms with van der Waals surface area (Å²) in [5, 5.41) is 0. The number of likely N-dealkylation sites (tertiary alicyclic amines) is 1. The van der Waals surface area contributed by atoms with E-state index >= 15 is 0 Å². The van der Waals surface area contributed by atoms with E-state index in [1.807, 2.05) is 30.5 Å². The van der Waals surface area contributed by atoms with Crippen LogP contribution in [-0.4, -0.2) is 41.3 Å². The first kappa shape index (κ1) is 13.8. The van der Waals surface area contributed by atoms with Crippen LogP contribution in [0.15, 0.2) is 47.4 Å². The van der Waals surface area contributed by atoms with Crippen molar-refractivity contribution >= 4 is 0 Å². The van der Waals surface area contributed by atoms with Crippen molar-refractivity contribution in [3.63, 3.8) is 0 Å². The Kier molecular flexibility index (Phi) is 3.83. The van der Waals surface area contributed by atoms with Crippen LogP contribution in [0, 0.1) is 0 Å². The van der Waals surface area contributed by atoms with Gasteiger partial charge in [0.15, 0.2) is 0 Å². The van der Waals surface area contributed by atoms with E-state index in [0.29, 0.717) is 11.9 Å². The van der Waals surface area contributed by atoms with Gasteiger partial charge in [-0.05, 0) is 25.0 Å². The number of hydrogen-bond acceptors (Lipinski definition) is 5. The fraction of sp³-hybridized carbons (Fsp3) is 0.471. The molecule has 0 bridgehead atoms. The Morgan fingerprint density at radius 2 is 2.32 bits per heavy atom. The highest BCUT2D eigenvalue weighted by Crippen LogP contribution is 2.32. The lowest BCUT2D eigenvalue weighted by Gasteiger charge is -2.31.